The van der Waals surface area contributed by atoms with E-state index in [9.17, 15) is 19.7 Å². The van der Waals surface area contributed by atoms with Gasteiger partial charge in [0.25, 0.3) is 11.6 Å². The van der Waals surface area contributed by atoms with Crippen LogP contribution in [0.4, 0.5) is 17.1 Å². The van der Waals surface area contributed by atoms with Crippen molar-refractivity contribution in [3.8, 4) is 11.3 Å². The molecule has 1 aromatic heterocycles. The van der Waals surface area contributed by atoms with E-state index in [1.54, 1.807) is 43.3 Å². The molecule has 0 aliphatic heterocycles. The molecule has 174 valence electrons. The van der Waals surface area contributed by atoms with Crippen LogP contribution in [-0.4, -0.2) is 27.0 Å². The van der Waals surface area contributed by atoms with Gasteiger partial charge in [0, 0.05) is 35.5 Å². The third kappa shape index (κ3) is 6.67. The number of hydrogen-bond donors (Lipinski definition) is 4. The Morgan fingerprint density at radius 2 is 1.56 bits per heavy atom. The maximum Gasteiger partial charge on any atom is 0.293 e. The second kappa shape index (κ2) is 11.1. The predicted octanol–water partition coefficient (Wildman–Crippen LogP) is 4.20. The van der Waals surface area contributed by atoms with Crippen LogP contribution in [-0.2, 0) is 4.79 Å². The van der Waals surface area contributed by atoms with E-state index in [0.29, 0.717) is 29.1 Å². The lowest BCUT2D eigenvalue weighted by Gasteiger charge is -2.11. The quantitative estimate of drug-likeness (QED) is 0.224. The van der Waals surface area contributed by atoms with Crippen LogP contribution in [0.25, 0.3) is 11.3 Å². The largest absolute Gasteiger partial charge is 0.451 e. The lowest BCUT2D eigenvalue weighted by molar-refractivity contribution is -0.384. The first-order chi connectivity index (χ1) is 16.2. The number of nitrogens with one attached hydrogen (secondary N) is 4. The van der Waals surface area contributed by atoms with Crippen molar-refractivity contribution in [2.75, 3.05) is 10.6 Å². The lowest BCUT2D eigenvalue weighted by Crippen LogP contribution is -2.34. The molecule has 4 N–H and O–H groups in total. The van der Waals surface area contributed by atoms with Crippen LogP contribution in [0.3, 0.4) is 0 Å². The van der Waals surface area contributed by atoms with E-state index in [0.717, 1.165) is 0 Å². The van der Waals surface area contributed by atoms with Gasteiger partial charge in [-0.2, -0.15) is 0 Å². The molecule has 0 unspecified atom stereocenters. The Bertz CT molecular complexity index is 1260. The highest BCUT2D eigenvalue weighted by Gasteiger charge is 2.15. The Balaban J connectivity index is 1.56. The lowest BCUT2D eigenvalue weighted by atomic mass is 10.1. The number of thiocarbonyl (C=S) groups is 2. The van der Waals surface area contributed by atoms with Crippen molar-refractivity contribution in [2.45, 2.75) is 13.3 Å². The molecule has 0 saturated heterocycles. The second-order valence-electron chi connectivity index (χ2n) is 6.81. The number of non-ortho nitro benzene ring substituents is 1. The van der Waals surface area contributed by atoms with Crippen LogP contribution in [0.1, 0.15) is 23.9 Å². The third-order valence-electron chi connectivity index (χ3n) is 4.37. The fourth-order valence-electron chi connectivity index (χ4n) is 2.73. The highest BCUT2D eigenvalue weighted by atomic mass is 32.1. The van der Waals surface area contributed by atoms with Crippen molar-refractivity contribution in [3.05, 3.63) is 76.5 Å². The molecule has 2 aromatic carbocycles. The molecule has 3 aromatic rings. The monoisotopic (exact) mass is 497 g/mol. The number of carbonyl (C=O) groups excluding carboxylic acids is 2. The number of rotatable bonds is 6. The van der Waals surface area contributed by atoms with Gasteiger partial charge in [-0.1, -0.05) is 19.1 Å². The molecule has 0 aliphatic rings. The molecule has 0 bridgehead atoms. The molecule has 0 radical (unpaired) electrons. The number of nitrogens with zero attached hydrogens (tertiary/aromatic N) is 1. The van der Waals surface area contributed by atoms with Crippen molar-refractivity contribution in [1.82, 2.24) is 10.6 Å². The minimum Gasteiger partial charge on any atom is -0.451 e. The van der Waals surface area contributed by atoms with Crippen LogP contribution in [0.2, 0.25) is 0 Å². The first-order valence-corrected chi connectivity index (χ1v) is 10.7. The van der Waals surface area contributed by atoms with Gasteiger partial charge in [0.2, 0.25) is 5.91 Å². The minimum atomic E-state index is -0.579. The number of nitro benzene ring substituents is 1. The van der Waals surface area contributed by atoms with Gasteiger partial charge in [-0.25, -0.2) is 0 Å². The molecule has 3 rings (SSSR count). The number of anilines is 2. The fraction of sp³-hybridized carbons (Fsp3) is 0.0909. The molecule has 2 amide bonds. The van der Waals surface area contributed by atoms with E-state index in [2.05, 4.69) is 21.3 Å². The summed E-state index contributed by atoms with van der Waals surface area (Å²) in [6, 6.07) is 15.7. The summed E-state index contributed by atoms with van der Waals surface area (Å²) in [4.78, 5) is 34.3. The summed E-state index contributed by atoms with van der Waals surface area (Å²) >= 11 is 10.2. The molecular formula is C22H19N5O5S2. The Morgan fingerprint density at radius 3 is 2.15 bits per heavy atom. The highest BCUT2D eigenvalue weighted by Crippen LogP contribution is 2.25. The summed E-state index contributed by atoms with van der Waals surface area (Å²) in [6.07, 6.45) is 0.321. The summed E-state index contributed by atoms with van der Waals surface area (Å²) in [5.41, 5.74) is 1.65. The third-order valence-corrected chi connectivity index (χ3v) is 4.78. The molecule has 1 heterocycles. The van der Waals surface area contributed by atoms with Crippen molar-refractivity contribution in [3.63, 3.8) is 0 Å². The van der Waals surface area contributed by atoms with Gasteiger partial charge in [-0.3, -0.25) is 25.0 Å². The summed E-state index contributed by atoms with van der Waals surface area (Å²) in [7, 11) is 0. The van der Waals surface area contributed by atoms with Gasteiger partial charge in [0.15, 0.2) is 16.0 Å². The topological polar surface area (TPSA) is 139 Å². The Kier molecular flexibility index (Phi) is 8.01. The van der Waals surface area contributed by atoms with Gasteiger partial charge in [0.1, 0.15) is 5.76 Å². The maximum absolute atomic E-state index is 12.5. The molecule has 10 nitrogen and oxygen atoms in total. The van der Waals surface area contributed by atoms with E-state index < -0.39 is 10.8 Å². The summed E-state index contributed by atoms with van der Waals surface area (Å²) in [6.45, 7) is 1.72. The molecular weight excluding hydrogens is 478 g/mol. The summed E-state index contributed by atoms with van der Waals surface area (Å²) in [5, 5.41) is 22.0. The number of benzene rings is 2. The number of carbonyl (C=O) groups is 2. The predicted molar refractivity (Wildman–Crippen MR) is 136 cm³/mol. The van der Waals surface area contributed by atoms with Gasteiger partial charge in [-0.15, -0.1) is 0 Å². The summed E-state index contributed by atoms with van der Waals surface area (Å²) in [5.74, 6) is -0.466. The molecule has 34 heavy (non-hydrogen) atoms. The van der Waals surface area contributed by atoms with Gasteiger partial charge in [0.05, 0.1) is 4.92 Å². The van der Waals surface area contributed by atoms with E-state index in [1.807, 2.05) is 0 Å². The van der Waals surface area contributed by atoms with Gasteiger partial charge in [-0.05, 0) is 60.8 Å². The van der Waals surface area contributed by atoms with Crippen LogP contribution >= 0.6 is 24.4 Å². The normalized spacial score (nSPS) is 10.1. The number of nitro groups is 1. The Labute approximate surface area is 204 Å². The van der Waals surface area contributed by atoms with E-state index in [1.165, 1.54) is 24.3 Å². The minimum absolute atomic E-state index is 0.00663. The van der Waals surface area contributed by atoms with E-state index >= 15 is 0 Å². The smallest absolute Gasteiger partial charge is 0.293 e. The SMILES string of the molecule is CCC(=O)NC(=S)Nc1ccc(NC(=S)NC(=O)c2ccc(-c3cccc([N+](=O)[O-])c3)o2)cc1. The standard InChI is InChI=1S/C22H19N5O5S2/c1-2-19(28)25-21(33)23-14-6-8-15(9-7-14)24-22(34)26-20(29)18-11-10-17(32-18)13-4-3-5-16(12-13)27(30)31/h3-12H,2H2,1H3,(H2,23,25,28,33)(H2,24,26,29,34). The van der Waals surface area contributed by atoms with Crippen LogP contribution < -0.4 is 21.3 Å². The first-order valence-electron chi connectivity index (χ1n) is 9.93. The van der Waals surface area contributed by atoms with Crippen LogP contribution in [0, 0.1) is 10.1 Å². The fourth-order valence-corrected chi connectivity index (χ4v) is 3.17. The van der Waals surface area contributed by atoms with Crippen molar-refractivity contribution >= 4 is 63.5 Å². The zero-order valence-electron chi connectivity index (χ0n) is 17.8. The molecule has 0 fully saturated rings. The Hall–Kier alpha value is -4.16. The Morgan fingerprint density at radius 1 is 0.941 bits per heavy atom. The van der Waals surface area contributed by atoms with E-state index in [4.69, 9.17) is 28.9 Å². The average Bonchev–Trinajstić information content (AvgIpc) is 3.31. The zero-order valence-corrected chi connectivity index (χ0v) is 19.4. The van der Waals surface area contributed by atoms with Crippen LogP contribution in [0.5, 0.6) is 0 Å². The van der Waals surface area contributed by atoms with Crippen LogP contribution in [0.15, 0.2) is 65.1 Å². The molecule has 0 aliphatic carbocycles. The maximum atomic E-state index is 12.5. The molecule has 0 saturated carbocycles. The van der Waals surface area contributed by atoms with Crippen molar-refractivity contribution < 1.29 is 18.9 Å². The van der Waals surface area contributed by atoms with Crippen molar-refractivity contribution in [1.29, 1.82) is 0 Å². The second-order valence-corrected chi connectivity index (χ2v) is 7.63. The highest BCUT2D eigenvalue weighted by molar-refractivity contribution is 7.80. The van der Waals surface area contributed by atoms with Crippen molar-refractivity contribution in [2.24, 2.45) is 0 Å². The number of hydrogen-bond acceptors (Lipinski definition) is 7. The summed E-state index contributed by atoms with van der Waals surface area (Å²) < 4.78 is 5.53. The molecule has 0 atom stereocenters. The first kappa shape index (κ1) is 24.5. The van der Waals surface area contributed by atoms with Gasteiger partial charge < -0.3 is 20.4 Å². The molecule has 0 spiro atoms. The van der Waals surface area contributed by atoms with Gasteiger partial charge >= 0.3 is 0 Å². The van der Waals surface area contributed by atoms with E-state index in [-0.39, 0.29) is 27.6 Å². The molecule has 12 heteroatoms. The number of furan rings is 1. The number of amides is 2. The average molecular weight is 498 g/mol. The zero-order chi connectivity index (χ0) is 24.7.